The van der Waals surface area contributed by atoms with Gasteiger partial charge in [-0.25, -0.2) is 0 Å². The fraction of sp³-hybridized carbons (Fsp3) is 0.533. The summed E-state index contributed by atoms with van der Waals surface area (Å²) in [6.07, 6.45) is 3.28. The number of carbonyl (C=O) groups is 1. The van der Waals surface area contributed by atoms with E-state index in [0.29, 0.717) is 23.4 Å². The molecule has 2 saturated heterocycles. The van der Waals surface area contributed by atoms with Gasteiger partial charge in [0.1, 0.15) is 0 Å². The summed E-state index contributed by atoms with van der Waals surface area (Å²) in [5.41, 5.74) is 0.702. The molecule has 0 radical (unpaired) electrons. The highest BCUT2D eigenvalue weighted by atomic mass is 16.7. The molecule has 1 N–H and O–H groups in total. The third-order valence-corrected chi connectivity index (χ3v) is 4.51. The largest absolute Gasteiger partial charge is 0.454 e. The summed E-state index contributed by atoms with van der Waals surface area (Å²) in [6, 6.07) is 6.19. The first-order chi connectivity index (χ1) is 9.83. The van der Waals surface area contributed by atoms with Crippen molar-refractivity contribution in [1.29, 1.82) is 0 Å². The van der Waals surface area contributed by atoms with Crippen LogP contribution in [0.5, 0.6) is 11.5 Å². The molecule has 0 aromatic heterocycles. The van der Waals surface area contributed by atoms with Crippen molar-refractivity contribution in [2.24, 2.45) is 0 Å². The van der Waals surface area contributed by atoms with Crippen molar-refractivity contribution in [3.05, 3.63) is 23.8 Å². The molecule has 4 rings (SSSR count). The summed E-state index contributed by atoms with van der Waals surface area (Å²) in [5.74, 6) is 1.53. The predicted octanol–water partition coefficient (Wildman–Crippen LogP) is 1.38. The van der Waals surface area contributed by atoms with Gasteiger partial charge in [0.05, 0.1) is 0 Å². The lowest BCUT2D eigenvalue weighted by Crippen LogP contribution is -2.42. The second kappa shape index (κ2) is 4.66. The number of carbonyl (C=O) groups excluding carboxylic acids is 1. The van der Waals surface area contributed by atoms with Gasteiger partial charge < -0.3 is 19.7 Å². The molecular weight excluding hydrogens is 256 g/mol. The minimum absolute atomic E-state index is 0.125. The van der Waals surface area contributed by atoms with Gasteiger partial charge in [-0.15, -0.1) is 0 Å². The molecule has 2 unspecified atom stereocenters. The van der Waals surface area contributed by atoms with Crippen LogP contribution in [0, 0.1) is 0 Å². The Bertz CT molecular complexity index is 532. The standard InChI is InChI=1S/C15H18N2O3/c18-15(10-1-4-13-14(7-10)20-9-19-13)17-11-2-3-12(17)8-16-6-5-11/h1,4,7,11-12,16H,2-3,5-6,8-9H2. The lowest BCUT2D eigenvalue weighted by atomic mass is 10.1. The molecule has 2 fully saturated rings. The maximum atomic E-state index is 12.8. The van der Waals surface area contributed by atoms with E-state index in [-0.39, 0.29) is 12.7 Å². The van der Waals surface area contributed by atoms with Crippen LogP contribution in [0.4, 0.5) is 0 Å². The van der Waals surface area contributed by atoms with Gasteiger partial charge in [-0.2, -0.15) is 0 Å². The van der Waals surface area contributed by atoms with Gasteiger partial charge >= 0.3 is 0 Å². The Morgan fingerprint density at radius 3 is 2.95 bits per heavy atom. The number of benzene rings is 1. The van der Waals surface area contributed by atoms with Gasteiger partial charge in [0, 0.05) is 24.2 Å². The van der Waals surface area contributed by atoms with Crippen LogP contribution in [0.15, 0.2) is 18.2 Å². The number of hydrogen-bond donors (Lipinski definition) is 1. The first kappa shape index (κ1) is 12.0. The van der Waals surface area contributed by atoms with Gasteiger partial charge in [-0.05, 0) is 44.0 Å². The summed E-state index contributed by atoms with van der Waals surface area (Å²) in [6.45, 7) is 2.16. The number of nitrogens with zero attached hydrogens (tertiary/aromatic N) is 1. The molecular formula is C15H18N2O3. The molecule has 1 amide bonds. The minimum Gasteiger partial charge on any atom is -0.454 e. The third kappa shape index (κ3) is 1.85. The van der Waals surface area contributed by atoms with Crippen LogP contribution < -0.4 is 14.8 Å². The SMILES string of the molecule is O=C(c1ccc2c(c1)OCO2)N1C2CCNCC1CC2. The van der Waals surface area contributed by atoms with E-state index in [1.807, 2.05) is 18.2 Å². The molecule has 5 heteroatoms. The lowest BCUT2D eigenvalue weighted by Gasteiger charge is -2.28. The quantitative estimate of drug-likeness (QED) is 0.840. The van der Waals surface area contributed by atoms with E-state index in [9.17, 15) is 4.79 Å². The zero-order valence-corrected chi connectivity index (χ0v) is 11.3. The molecule has 1 aromatic rings. The second-order valence-corrected chi connectivity index (χ2v) is 5.66. The van der Waals surface area contributed by atoms with Crippen molar-refractivity contribution in [3.8, 4) is 11.5 Å². The van der Waals surface area contributed by atoms with Gasteiger partial charge in [-0.3, -0.25) is 4.79 Å². The van der Waals surface area contributed by atoms with Crippen molar-refractivity contribution in [2.75, 3.05) is 19.9 Å². The molecule has 106 valence electrons. The van der Waals surface area contributed by atoms with Crippen molar-refractivity contribution in [1.82, 2.24) is 10.2 Å². The molecule has 0 spiro atoms. The fourth-order valence-corrected chi connectivity index (χ4v) is 3.49. The predicted molar refractivity (Wildman–Crippen MR) is 73.0 cm³/mol. The maximum Gasteiger partial charge on any atom is 0.254 e. The van der Waals surface area contributed by atoms with Crippen molar-refractivity contribution >= 4 is 5.91 Å². The van der Waals surface area contributed by atoms with Gasteiger partial charge in [-0.1, -0.05) is 0 Å². The van der Waals surface area contributed by atoms with Crippen molar-refractivity contribution in [2.45, 2.75) is 31.3 Å². The van der Waals surface area contributed by atoms with E-state index in [1.54, 1.807) is 0 Å². The van der Waals surface area contributed by atoms with E-state index < -0.39 is 0 Å². The molecule has 2 bridgehead atoms. The summed E-state index contributed by atoms with van der Waals surface area (Å²) in [4.78, 5) is 14.9. The Morgan fingerprint density at radius 2 is 2.00 bits per heavy atom. The molecule has 1 aromatic carbocycles. The van der Waals surface area contributed by atoms with E-state index in [0.717, 1.165) is 38.1 Å². The Balaban J connectivity index is 1.63. The zero-order valence-electron chi connectivity index (χ0n) is 11.3. The van der Waals surface area contributed by atoms with Crippen molar-refractivity contribution < 1.29 is 14.3 Å². The Morgan fingerprint density at radius 1 is 1.15 bits per heavy atom. The molecule has 0 aliphatic carbocycles. The van der Waals surface area contributed by atoms with Gasteiger partial charge in [0.2, 0.25) is 6.79 Å². The van der Waals surface area contributed by atoms with Gasteiger partial charge in [0.25, 0.3) is 5.91 Å². The van der Waals surface area contributed by atoms with Crippen molar-refractivity contribution in [3.63, 3.8) is 0 Å². The van der Waals surface area contributed by atoms with Crippen LogP contribution in [0.3, 0.4) is 0 Å². The van der Waals surface area contributed by atoms with Crippen LogP contribution in [0.25, 0.3) is 0 Å². The zero-order chi connectivity index (χ0) is 13.5. The number of fused-ring (bicyclic) bond motifs is 3. The average Bonchev–Trinajstić information content (AvgIpc) is 3.00. The lowest BCUT2D eigenvalue weighted by molar-refractivity contribution is 0.0680. The molecule has 3 heterocycles. The van der Waals surface area contributed by atoms with Crippen LogP contribution in [0.1, 0.15) is 29.6 Å². The Kier molecular flexibility index (Phi) is 2.80. The van der Waals surface area contributed by atoms with Crippen LogP contribution in [-0.4, -0.2) is 42.8 Å². The van der Waals surface area contributed by atoms with E-state index in [2.05, 4.69) is 10.2 Å². The van der Waals surface area contributed by atoms with Crippen LogP contribution in [0.2, 0.25) is 0 Å². The monoisotopic (exact) mass is 274 g/mol. The van der Waals surface area contributed by atoms with E-state index >= 15 is 0 Å². The number of amides is 1. The Labute approximate surface area is 117 Å². The first-order valence-corrected chi connectivity index (χ1v) is 7.26. The highest BCUT2D eigenvalue weighted by Crippen LogP contribution is 2.35. The molecule has 2 atom stereocenters. The molecule has 20 heavy (non-hydrogen) atoms. The van der Waals surface area contributed by atoms with Crippen LogP contribution in [-0.2, 0) is 0 Å². The second-order valence-electron chi connectivity index (χ2n) is 5.66. The highest BCUT2D eigenvalue weighted by molar-refractivity contribution is 5.95. The topological polar surface area (TPSA) is 50.8 Å². The minimum atomic E-state index is 0.125. The number of nitrogens with one attached hydrogen (secondary N) is 1. The van der Waals surface area contributed by atoms with E-state index in [1.165, 1.54) is 0 Å². The molecule has 0 saturated carbocycles. The maximum absolute atomic E-state index is 12.8. The Hall–Kier alpha value is -1.75. The van der Waals surface area contributed by atoms with Crippen LogP contribution >= 0.6 is 0 Å². The third-order valence-electron chi connectivity index (χ3n) is 4.51. The number of rotatable bonds is 1. The van der Waals surface area contributed by atoms with Gasteiger partial charge in [0.15, 0.2) is 11.5 Å². The number of hydrogen-bond acceptors (Lipinski definition) is 4. The molecule has 5 nitrogen and oxygen atoms in total. The highest BCUT2D eigenvalue weighted by Gasteiger charge is 2.38. The summed E-state index contributed by atoms with van der Waals surface area (Å²) >= 11 is 0. The van der Waals surface area contributed by atoms with E-state index in [4.69, 9.17) is 9.47 Å². The average molecular weight is 274 g/mol. The normalized spacial score (nSPS) is 27.5. The smallest absolute Gasteiger partial charge is 0.254 e. The number of ether oxygens (including phenoxy) is 2. The first-order valence-electron chi connectivity index (χ1n) is 7.26. The summed E-state index contributed by atoms with van der Waals surface area (Å²) in [5, 5.41) is 3.42. The summed E-state index contributed by atoms with van der Waals surface area (Å²) in [7, 11) is 0. The summed E-state index contributed by atoms with van der Waals surface area (Å²) < 4.78 is 10.7. The fourth-order valence-electron chi connectivity index (χ4n) is 3.49. The molecule has 3 aliphatic rings. The molecule has 3 aliphatic heterocycles.